The van der Waals surface area contributed by atoms with E-state index < -0.39 is 15.7 Å². The zero-order chi connectivity index (χ0) is 17.5. The number of rotatable bonds is 6. The number of thiocarbonyl (C=S) groups is 1. The van der Waals surface area contributed by atoms with Crippen molar-refractivity contribution in [1.29, 1.82) is 0 Å². The third kappa shape index (κ3) is 6.54. The van der Waals surface area contributed by atoms with Gasteiger partial charge in [-0.2, -0.15) is 0 Å². The minimum absolute atomic E-state index is 0.105. The Kier molecular flexibility index (Phi) is 7.44. The number of unbranched alkanes of at least 4 members (excludes halogenated alkanes) is 2. The molecule has 8 heteroatoms. The summed E-state index contributed by atoms with van der Waals surface area (Å²) in [6, 6.07) is 4.45. The second kappa shape index (κ2) is 8.83. The molecule has 0 radical (unpaired) electrons. The average molecular weight is 358 g/mol. The van der Waals surface area contributed by atoms with E-state index in [4.69, 9.17) is 12.2 Å². The highest BCUT2D eigenvalue weighted by Crippen LogP contribution is 2.15. The summed E-state index contributed by atoms with van der Waals surface area (Å²) in [6.45, 7) is 4.59. The normalized spacial score (nSPS) is 10.9. The van der Waals surface area contributed by atoms with Gasteiger partial charge in [0.25, 0.3) is 5.91 Å². The number of amides is 1. The zero-order valence-electron chi connectivity index (χ0n) is 13.6. The van der Waals surface area contributed by atoms with E-state index >= 15 is 0 Å². The quantitative estimate of drug-likeness (QED) is 0.408. The van der Waals surface area contributed by atoms with Crippen LogP contribution in [0.5, 0.6) is 0 Å². The molecule has 1 aromatic rings. The first kappa shape index (κ1) is 19.4. The number of hydrogen-bond acceptors (Lipinski definition) is 4. The fourth-order valence-electron chi connectivity index (χ4n) is 1.88. The van der Waals surface area contributed by atoms with Gasteiger partial charge in [-0.1, -0.05) is 25.8 Å². The van der Waals surface area contributed by atoms with Crippen LogP contribution >= 0.6 is 12.2 Å². The molecule has 0 saturated carbocycles. The largest absolute Gasteiger partial charge is 0.361 e. The smallest absolute Gasteiger partial charge is 0.269 e. The Labute approximate surface area is 142 Å². The minimum Gasteiger partial charge on any atom is -0.361 e. The van der Waals surface area contributed by atoms with Crippen LogP contribution in [0.3, 0.4) is 0 Å². The molecule has 0 aliphatic carbocycles. The monoisotopic (exact) mass is 357 g/mol. The van der Waals surface area contributed by atoms with Gasteiger partial charge in [-0.15, -0.1) is 0 Å². The highest BCUT2D eigenvalue weighted by Gasteiger charge is 2.14. The van der Waals surface area contributed by atoms with Gasteiger partial charge < -0.3 is 5.32 Å². The Balaban J connectivity index is 2.63. The molecule has 0 saturated heterocycles. The Morgan fingerprint density at radius 3 is 2.52 bits per heavy atom. The summed E-state index contributed by atoms with van der Waals surface area (Å²) in [4.78, 5) is 12.3. The van der Waals surface area contributed by atoms with Crippen molar-refractivity contribution in [3.05, 3.63) is 29.3 Å². The molecular weight excluding hydrogens is 334 g/mol. The summed E-state index contributed by atoms with van der Waals surface area (Å²) in [5.41, 5.74) is 6.05. The van der Waals surface area contributed by atoms with Crippen molar-refractivity contribution in [1.82, 2.24) is 16.2 Å². The molecule has 0 heterocycles. The summed E-state index contributed by atoms with van der Waals surface area (Å²) in [6.07, 6.45) is 4.34. The lowest BCUT2D eigenvalue weighted by atomic mass is 10.1. The van der Waals surface area contributed by atoms with Crippen LogP contribution in [0.4, 0.5) is 0 Å². The van der Waals surface area contributed by atoms with Gasteiger partial charge >= 0.3 is 0 Å². The molecule has 0 fully saturated rings. The fourth-order valence-corrected chi connectivity index (χ4v) is 2.68. The van der Waals surface area contributed by atoms with Crippen LogP contribution in [0.1, 0.15) is 42.1 Å². The SMILES string of the molecule is CCCCCNC(=S)NNC(=O)c1cc(S(C)(=O)=O)ccc1C. The van der Waals surface area contributed by atoms with E-state index in [0.29, 0.717) is 10.7 Å². The highest BCUT2D eigenvalue weighted by molar-refractivity contribution is 7.90. The van der Waals surface area contributed by atoms with Gasteiger partial charge in [0.05, 0.1) is 4.90 Å². The summed E-state index contributed by atoms with van der Waals surface area (Å²) in [5, 5.41) is 3.31. The van der Waals surface area contributed by atoms with E-state index in [2.05, 4.69) is 23.1 Å². The molecule has 0 unspecified atom stereocenters. The lowest BCUT2D eigenvalue weighted by Crippen LogP contribution is -2.47. The van der Waals surface area contributed by atoms with Crippen LogP contribution in [0.25, 0.3) is 0 Å². The van der Waals surface area contributed by atoms with Crippen molar-refractivity contribution in [2.24, 2.45) is 0 Å². The second-order valence-corrected chi connectivity index (χ2v) is 7.72. The van der Waals surface area contributed by atoms with Crippen LogP contribution in [-0.4, -0.2) is 32.2 Å². The standard InChI is InChI=1S/C15H23N3O3S2/c1-4-5-6-9-16-15(22)18-17-14(19)13-10-12(23(3,20)21)8-7-11(13)2/h7-8,10H,4-6,9H2,1-3H3,(H,17,19)(H2,16,18,22). The first-order valence-corrected chi connectivity index (χ1v) is 9.70. The molecule has 0 aliphatic rings. The first-order valence-electron chi connectivity index (χ1n) is 7.40. The number of hydrazine groups is 1. The maximum Gasteiger partial charge on any atom is 0.269 e. The lowest BCUT2D eigenvalue weighted by Gasteiger charge is -2.13. The van der Waals surface area contributed by atoms with Gasteiger partial charge in [-0.05, 0) is 43.3 Å². The number of aryl methyl sites for hydroxylation is 1. The molecule has 1 aromatic carbocycles. The Morgan fingerprint density at radius 1 is 1.22 bits per heavy atom. The number of benzene rings is 1. The summed E-state index contributed by atoms with van der Waals surface area (Å²) in [5.74, 6) is -0.439. The molecule has 23 heavy (non-hydrogen) atoms. The summed E-state index contributed by atoms with van der Waals surface area (Å²) < 4.78 is 23.2. The number of carbonyl (C=O) groups excluding carboxylic acids is 1. The van der Waals surface area contributed by atoms with Gasteiger partial charge in [-0.3, -0.25) is 15.6 Å². The Bertz CT molecular complexity index is 673. The Morgan fingerprint density at radius 2 is 1.91 bits per heavy atom. The third-order valence-corrected chi connectivity index (χ3v) is 4.59. The number of carbonyl (C=O) groups is 1. The van der Waals surface area contributed by atoms with Crippen molar-refractivity contribution < 1.29 is 13.2 Å². The average Bonchev–Trinajstić information content (AvgIpc) is 2.48. The van der Waals surface area contributed by atoms with Crippen molar-refractivity contribution in [3.8, 4) is 0 Å². The molecule has 0 aromatic heterocycles. The van der Waals surface area contributed by atoms with Crippen LogP contribution in [-0.2, 0) is 9.84 Å². The van der Waals surface area contributed by atoms with Gasteiger partial charge in [0.2, 0.25) is 0 Å². The van der Waals surface area contributed by atoms with E-state index in [9.17, 15) is 13.2 Å². The molecule has 6 nitrogen and oxygen atoms in total. The molecule has 0 atom stereocenters. The summed E-state index contributed by atoms with van der Waals surface area (Å²) in [7, 11) is -3.36. The van der Waals surface area contributed by atoms with Gasteiger partial charge in [0, 0.05) is 18.4 Å². The van der Waals surface area contributed by atoms with Gasteiger partial charge in [0.1, 0.15) is 0 Å². The molecule has 0 bridgehead atoms. The lowest BCUT2D eigenvalue weighted by molar-refractivity contribution is 0.0943. The predicted octanol–water partition coefficient (Wildman–Crippen LogP) is 1.70. The predicted molar refractivity (Wildman–Crippen MR) is 95.0 cm³/mol. The highest BCUT2D eigenvalue weighted by atomic mass is 32.2. The van der Waals surface area contributed by atoms with E-state index in [1.165, 1.54) is 12.1 Å². The third-order valence-electron chi connectivity index (χ3n) is 3.24. The number of sulfone groups is 1. The first-order chi connectivity index (χ1) is 10.8. The molecule has 3 N–H and O–H groups in total. The number of nitrogens with one attached hydrogen (secondary N) is 3. The molecule has 1 amide bonds. The summed E-state index contributed by atoms with van der Waals surface area (Å²) >= 11 is 5.06. The van der Waals surface area contributed by atoms with E-state index in [0.717, 1.165) is 32.1 Å². The van der Waals surface area contributed by atoms with Crippen molar-refractivity contribution in [3.63, 3.8) is 0 Å². The Hall–Kier alpha value is -1.67. The van der Waals surface area contributed by atoms with Crippen LogP contribution < -0.4 is 16.2 Å². The van der Waals surface area contributed by atoms with E-state index in [-0.39, 0.29) is 10.5 Å². The maximum absolute atomic E-state index is 12.2. The molecule has 128 valence electrons. The molecule has 1 rings (SSSR count). The van der Waals surface area contributed by atoms with E-state index in [1.807, 2.05) is 0 Å². The van der Waals surface area contributed by atoms with E-state index in [1.54, 1.807) is 13.0 Å². The fraction of sp³-hybridized carbons (Fsp3) is 0.467. The van der Waals surface area contributed by atoms with Crippen LogP contribution in [0, 0.1) is 6.92 Å². The maximum atomic E-state index is 12.2. The topological polar surface area (TPSA) is 87.3 Å². The van der Waals surface area contributed by atoms with Crippen LogP contribution in [0.2, 0.25) is 0 Å². The molecular formula is C15H23N3O3S2. The van der Waals surface area contributed by atoms with Gasteiger partial charge in [-0.25, -0.2) is 8.42 Å². The van der Waals surface area contributed by atoms with Gasteiger partial charge in [0.15, 0.2) is 14.9 Å². The molecule has 0 aliphatic heterocycles. The van der Waals surface area contributed by atoms with Crippen LogP contribution in [0.15, 0.2) is 23.1 Å². The zero-order valence-corrected chi connectivity index (χ0v) is 15.2. The van der Waals surface area contributed by atoms with Crippen molar-refractivity contribution in [2.45, 2.75) is 38.0 Å². The van der Waals surface area contributed by atoms with Crippen molar-refractivity contribution in [2.75, 3.05) is 12.8 Å². The second-order valence-electron chi connectivity index (χ2n) is 5.29. The molecule has 0 spiro atoms. The number of hydrogen-bond donors (Lipinski definition) is 3. The van der Waals surface area contributed by atoms with Crippen molar-refractivity contribution >= 4 is 33.1 Å². The minimum atomic E-state index is -3.36.